The van der Waals surface area contributed by atoms with Crippen molar-refractivity contribution in [3.05, 3.63) is 41.2 Å². The molecule has 0 spiro atoms. The molecule has 3 aliphatic heterocycles. The van der Waals surface area contributed by atoms with Gasteiger partial charge in [0.25, 0.3) is 0 Å². The molecule has 1 aromatic heterocycles. The van der Waals surface area contributed by atoms with E-state index in [4.69, 9.17) is 0 Å². The van der Waals surface area contributed by atoms with Gasteiger partial charge in [0, 0.05) is 37.9 Å². The van der Waals surface area contributed by atoms with Crippen LogP contribution in [-0.2, 0) is 11.3 Å². The van der Waals surface area contributed by atoms with Crippen LogP contribution in [0.1, 0.15) is 38.1 Å². The van der Waals surface area contributed by atoms with Gasteiger partial charge in [-0.1, -0.05) is 17.7 Å². The number of nitrogens with zero attached hydrogens (tertiary/aromatic N) is 3. The summed E-state index contributed by atoms with van der Waals surface area (Å²) in [7, 11) is 0. The second-order valence-electron chi connectivity index (χ2n) is 7.16. The molecule has 2 atom stereocenters. The standard InChI is InChI=1S/C19H27N3O/c1-14(2)9-10-22-18-8-7-16(19(22)23)11-21(13-18)12-17-6-4-5-15(3)20-17/h4-6,9,16,18H,7-8,10-13H2,1-3H3/t16-,18+/m0/s1. The molecule has 4 heteroatoms. The largest absolute Gasteiger partial charge is 0.334 e. The van der Waals surface area contributed by atoms with Gasteiger partial charge in [0.2, 0.25) is 5.91 Å². The Hall–Kier alpha value is -1.68. The number of allylic oxidation sites excluding steroid dienone is 1. The summed E-state index contributed by atoms with van der Waals surface area (Å²) in [6.45, 7) is 9.66. The molecule has 0 aromatic carbocycles. The third kappa shape index (κ3) is 3.81. The van der Waals surface area contributed by atoms with Crippen molar-refractivity contribution in [3.63, 3.8) is 0 Å². The van der Waals surface area contributed by atoms with Crippen molar-refractivity contribution in [3.8, 4) is 0 Å². The Bertz CT molecular complexity index is 606. The number of rotatable bonds is 4. The van der Waals surface area contributed by atoms with Gasteiger partial charge in [-0.05, 0) is 45.7 Å². The van der Waals surface area contributed by atoms with Gasteiger partial charge in [-0.3, -0.25) is 14.7 Å². The fraction of sp³-hybridized carbons (Fsp3) is 0.579. The molecule has 0 aliphatic carbocycles. The number of hydrogen-bond acceptors (Lipinski definition) is 3. The van der Waals surface area contributed by atoms with E-state index in [0.29, 0.717) is 11.9 Å². The maximum Gasteiger partial charge on any atom is 0.227 e. The van der Waals surface area contributed by atoms with Gasteiger partial charge in [-0.25, -0.2) is 0 Å². The minimum Gasteiger partial charge on any atom is -0.334 e. The number of pyridine rings is 1. The molecule has 3 saturated heterocycles. The number of aryl methyl sites for hydroxylation is 1. The summed E-state index contributed by atoms with van der Waals surface area (Å²) in [4.78, 5) is 21.9. The predicted octanol–water partition coefficient (Wildman–Crippen LogP) is 2.78. The van der Waals surface area contributed by atoms with Gasteiger partial charge in [-0.2, -0.15) is 0 Å². The van der Waals surface area contributed by atoms with Crippen molar-refractivity contribution in [2.24, 2.45) is 5.92 Å². The van der Waals surface area contributed by atoms with E-state index in [1.54, 1.807) is 0 Å². The number of piperidine rings is 1. The highest BCUT2D eigenvalue weighted by molar-refractivity contribution is 5.80. The first-order valence-electron chi connectivity index (χ1n) is 8.61. The second-order valence-corrected chi connectivity index (χ2v) is 7.16. The molecule has 2 bridgehead atoms. The number of hydrogen-bond donors (Lipinski definition) is 0. The molecule has 1 amide bonds. The molecule has 4 nitrogen and oxygen atoms in total. The number of carbonyl (C=O) groups excluding carboxylic acids is 1. The third-order valence-electron chi connectivity index (χ3n) is 4.90. The summed E-state index contributed by atoms with van der Waals surface area (Å²) in [5.41, 5.74) is 3.44. The zero-order valence-corrected chi connectivity index (χ0v) is 14.5. The minimum absolute atomic E-state index is 0.157. The molecule has 3 fully saturated rings. The first kappa shape index (κ1) is 16.2. The Kier molecular flexibility index (Phi) is 4.81. The lowest BCUT2D eigenvalue weighted by Gasteiger charge is -2.35. The average Bonchev–Trinajstić information content (AvgIpc) is 2.75. The van der Waals surface area contributed by atoms with Crippen molar-refractivity contribution >= 4 is 5.91 Å². The number of carbonyl (C=O) groups is 1. The van der Waals surface area contributed by atoms with Crippen LogP contribution in [0.2, 0.25) is 0 Å². The van der Waals surface area contributed by atoms with E-state index >= 15 is 0 Å². The summed E-state index contributed by atoms with van der Waals surface area (Å²) in [5.74, 6) is 0.502. The van der Waals surface area contributed by atoms with E-state index in [1.165, 1.54) is 5.57 Å². The second kappa shape index (κ2) is 6.83. The molecular formula is C19H27N3O. The van der Waals surface area contributed by atoms with Crippen molar-refractivity contribution in [1.82, 2.24) is 14.8 Å². The van der Waals surface area contributed by atoms with Crippen LogP contribution in [0.5, 0.6) is 0 Å². The molecule has 4 heterocycles. The van der Waals surface area contributed by atoms with Crippen LogP contribution < -0.4 is 0 Å². The van der Waals surface area contributed by atoms with E-state index < -0.39 is 0 Å². The van der Waals surface area contributed by atoms with Crippen molar-refractivity contribution in [2.45, 2.75) is 46.2 Å². The molecule has 0 saturated carbocycles. The lowest BCUT2D eigenvalue weighted by atomic mass is 9.94. The van der Waals surface area contributed by atoms with Gasteiger partial charge >= 0.3 is 0 Å². The van der Waals surface area contributed by atoms with Crippen LogP contribution in [0.4, 0.5) is 0 Å². The molecule has 3 aliphatic rings. The Morgan fingerprint density at radius 1 is 1.30 bits per heavy atom. The minimum atomic E-state index is 0.157. The molecule has 124 valence electrons. The zero-order valence-electron chi connectivity index (χ0n) is 14.5. The molecule has 0 radical (unpaired) electrons. The highest BCUT2D eigenvalue weighted by Gasteiger charge is 2.40. The van der Waals surface area contributed by atoms with Crippen LogP contribution in [0, 0.1) is 12.8 Å². The quantitative estimate of drug-likeness (QED) is 0.802. The monoisotopic (exact) mass is 313 g/mol. The highest BCUT2D eigenvalue weighted by Crippen LogP contribution is 2.29. The van der Waals surface area contributed by atoms with Crippen LogP contribution in [0.3, 0.4) is 0 Å². The zero-order chi connectivity index (χ0) is 16.4. The lowest BCUT2D eigenvalue weighted by molar-refractivity contribution is -0.139. The first-order valence-corrected chi connectivity index (χ1v) is 8.61. The maximum absolute atomic E-state index is 12.7. The topological polar surface area (TPSA) is 36.4 Å². The summed E-state index contributed by atoms with van der Waals surface area (Å²) in [5, 5.41) is 0. The molecule has 1 aromatic rings. The molecular weight excluding hydrogens is 286 g/mol. The summed E-state index contributed by atoms with van der Waals surface area (Å²) in [6, 6.07) is 6.53. The van der Waals surface area contributed by atoms with Crippen molar-refractivity contribution in [2.75, 3.05) is 19.6 Å². The lowest BCUT2D eigenvalue weighted by Crippen LogP contribution is -2.47. The Balaban J connectivity index is 1.73. The number of aromatic nitrogens is 1. The smallest absolute Gasteiger partial charge is 0.227 e. The van der Waals surface area contributed by atoms with Gasteiger partial charge < -0.3 is 4.90 Å². The fourth-order valence-corrected chi connectivity index (χ4v) is 3.70. The SMILES string of the molecule is CC(C)=CCN1C(=O)[C@H]2CC[C@@H]1CN(Cc1cccc(C)n1)C2. The summed E-state index contributed by atoms with van der Waals surface area (Å²) in [6.07, 6.45) is 4.34. The van der Waals surface area contributed by atoms with Crippen molar-refractivity contribution < 1.29 is 4.79 Å². The van der Waals surface area contributed by atoms with Gasteiger partial charge in [0.15, 0.2) is 0 Å². The van der Waals surface area contributed by atoms with E-state index in [1.807, 2.05) is 13.0 Å². The molecule has 4 rings (SSSR count). The first-order chi connectivity index (χ1) is 11.0. The Morgan fingerprint density at radius 3 is 2.87 bits per heavy atom. The number of fused-ring (bicyclic) bond motifs is 4. The van der Waals surface area contributed by atoms with E-state index in [2.05, 4.69) is 46.8 Å². The summed E-state index contributed by atoms with van der Waals surface area (Å²) < 4.78 is 0. The Labute approximate surface area is 139 Å². The van der Waals surface area contributed by atoms with E-state index in [-0.39, 0.29) is 5.92 Å². The molecule has 23 heavy (non-hydrogen) atoms. The normalized spacial score (nSPS) is 24.7. The average molecular weight is 313 g/mol. The Morgan fingerprint density at radius 2 is 2.13 bits per heavy atom. The van der Waals surface area contributed by atoms with Gasteiger partial charge in [0.1, 0.15) is 0 Å². The highest BCUT2D eigenvalue weighted by atomic mass is 16.2. The van der Waals surface area contributed by atoms with Gasteiger partial charge in [-0.15, -0.1) is 0 Å². The van der Waals surface area contributed by atoms with Crippen LogP contribution >= 0.6 is 0 Å². The van der Waals surface area contributed by atoms with Crippen LogP contribution in [0.15, 0.2) is 29.8 Å². The maximum atomic E-state index is 12.7. The van der Waals surface area contributed by atoms with Crippen LogP contribution in [-0.4, -0.2) is 46.4 Å². The molecule has 0 unspecified atom stereocenters. The van der Waals surface area contributed by atoms with Crippen LogP contribution in [0.25, 0.3) is 0 Å². The predicted molar refractivity (Wildman–Crippen MR) is 91.9 cm³/mol. The fourth-order valence-electron chi connectivity index (χ4n) is 3.70. The third-order valence-corrected chi connectivity index (χ3v) is 4.90. The van der Waals surface area contributed by atoms with Gasteiger partial charge in [0.05, 0.1) is 11.6 Å². The molecule has 0 N–H and O–H groups in total. The van der Waals surface area contributed by atoms with Crippen molar-refractivity contribution in [1.29, 1.82) is 0 Å². The van der Waals surface area contributed by atoms with E-state index in [9.17, 15) is 4.79 Å². The van der Waals surface area contributed by atoms with E-state index in [0.717, 1.165) is 50.4 Å². The summed E-state index contributed by atoms with van der Waals surface area (Å²) >= 11 is 0. The number of amides is 1.